The molecule has 2 N–H and O–H groups in total. The molecule has 0 atom stereocenters. The number of hydrogen-bond acceptors (Lipinski definition) is 4. The molecule has 0 saturated heterocycles. The maximum absolute atomic E-state index is 5.59. The molecule has 1 aromatic rings. The molecule has 142 valence electrons. The molecule has 6 heteroatoms. The van der Waals surface area contributed by atoms with Crippen molar-refractivity contribution >= 4 is 17.3 Å². The first-order chi connectivity index (χ1) is 12.2. The molecule has 0 unspecified atom stereocenters. The number of guanidine groups is 1. The van der Waals surface area contributed by atoms with Crippen molar-refractivity contribution in [3.63, 3.8) is 0 Å². The third kappa shape index (κ3) is 7.74. The van der Waals surface area contributed by atoms with Crippen molar-refractivity contribution in [2.75, 3.05) is 33.4 Å². The van der Waals surface area contributed by atoms with Crippen LogP contribution >= 0.6 is 11.3 Å². The topological polar surface area (TPSA) is 58.5 Å². The van der Waals surface area contributed by atoms with Crippen LogP contribution < -0.4 is 10.6 Å². The van der Waals surface area contributed by atoms with Gasteiger partial charge in [0.2, 0.25) is 0 Å². The Morgan fingerprint density at radius 1 is 1.20 bits per heavy atom. The highest BCUT2D eigenvalue weighted by Crippen LogP contribution is 2.27. The highest BCUT2D eigenvalue weighted by Gasteiger charge is 2.14. The van der Waals surface area contributed by atoms with Crippen LogP contribution in [-0.4, -0.2) is 44.3 Å². The van der Waals surface area contributed by atoms with Crippen molar-refractivity contribution in [2.24, 2.45) is 10.9 Å². The Morgan fingerprint density at radius 3 is 2.68 bits per heavy atom. The van der Waals surface area contributed by atoms with E-state index >= 15 is 0 Å². The maximum Gasteiger partial charge on any atom is 0.190 e. The Labute approximate surface area is 156 Å². The number of nitrogens with zero attached hydrogens (tertiary/aromatic N) is 2. The van der Waals surface area contributed by atoms with Gasteiger partial charge in [0.05, 0.1) is 10.7 Å². The zero-order chi connectivity index (χ0) is 17.9. The van der Waals surface area contributed by atoms with Crippen LogP contribution in [0.3, 0.4) is 0 Å². The number of ether oxygens (including phenoxy) is 1. The van der Waals surface area contributed by atoms with Gasteiger partial charge in [-0.1, -0.05) is 13.8 Å². The molecule has 0 amide bonds. The minimum atomic E-state index is 0.603. The molecule has 1 heterocycles. The molecule has 1 aliphatic rings. The van der Waals surface area contributed by atoms with Gasteiger partial charge in [0, 0.05) is 44.6 Å². The third-order valence-electron chi connectivity index (χ3n) is 4.18. The van der Waals surface area contributed by atoms with Gasteiger partial charge in [0.25, 0.3) is 0 Å². The van der Waals surface area contributed by atoms with Gasteiger partial charge in [-0.2, -0.15) is 0 Å². The van der Waals surface area contributed by atoms with Gasteiger partial charge < -0.3 is 15.4 Å². The number of hydrogen-bond donors (Lipinski definition) is 2. The lowest BCUT2D eigenvalue weighted by Crippen LogP contribution is -2.38. The van der Waals surface area contributed by atoms with E-state index in [1.807, 2.05) is 18.4 Å². The molecule has 25 heavy (non-hydrogen) atoms. The lowest BCUT2D eigenvalue weighted by molar-refractivity contribution is 0.108. The van der Waals surface area contributed by atoms with E-state index in [9.17, 15) is 0 Å². The van der Waals surface area contributed by atoms with Crippen LogP contribution in [0.1, 0.15) is 55.1 Å². The van der Waals surface area contributed by atoms with E-state index in [1.54, 1.807) is 0 Å². The van der Waals surface area contributed by atoms with E-state index in [-0.39, 0.29) is 0 Å². The van der Waals surface area contributed by atoms with Crippen molar-refractivity contribution < 1.29 is 4.74 Å². The third-order valence-corrected chi connectivity index (χ3v) is 5.40. The normalized spacial score (nSPS) is 14.6. The predicted octanol–water partition coefficient (Wildman–Crippen LogP) is 3.18. The van der Waals surface area contributed by atoms with Gasteiger partial charge >= 0.3 is 0 Å². The van der Waals surface area contributed by atoms with Crippen LogP contribution in [0.2, 0.25) is 0 Å². The summed E-state index contributed by atoms with van der Waals surface area (Å²) in [5.41, 5.74) is 1.37. The first-order valence-electron chi connectivity index (χ1n) is 9.68. The Bertz CT molecular complexity index is 504. The van der Waals surface area contributed by atoms with Crippen molar-refractivity contribution in [3.05, 3.63) is 15.6 Å². The average Bonchev–Trinajstić information content (AvgIpc) is 3.02. The van der Waals surface area contributed by atoms with Gasteiger partial charge in [-0.15, -0.1) is 11.3 Å². The van der Waals surface area contributed by atoms with Gasteiger partial charge in [0.1, 0.15) is 0 Å². The van der Waals surface area contributed by atoms with Gasteiger partial charge in [-0.05, 0) is 44.4 Å². The van der Waals surface area contributed by atoms with E-state index in [0.29, 0.717) is 5.92 Å². The molecule has 1 aliphatic carbocycles. The molecular formula is C19H34N4OS. The number of nitrogens with one attached hydrogen (secondary N) is 2. The standard InChI is InChI=1S/C19H34N4OS/c1-15(2)14-24-13-7-12-22-19(20-3)21-11-6-10-18-23-16-8-4-5-9-17(16)25-18/h15H,4-14H2,1-3H3,(H2,20,21,22). The van der Waals surface area contributed by atoms with Crippen molar-refractivity contribution in [1.29, 1.82) is 0 Å². The molecule has 5 nitrogen and oxygen atoms in total. The zero-order valence-corrected chi connectivity index (χ0v) is 16.9. The van der Waals surface area contributed by atoms with Crippen LogP contribution in [0.15, 0.2) is 4.99 Å². The van der Waals surface area contributed by atoms with E-state index in [0.717, 1.165) is 51.5 Å². The summed E-state index contributed by atoms with van der Waals surface area (Å²) in [5.74, 6) is 1.48. The molecule has 0 fully saturated rings. The second-order valence-corrected chi connectivity index (χ2v) is 8.20. The van der Waals surface area contributed by atoms with Crippen molar-refractivity contribution in [1.82, 2.24) is 15.6 Å². The largest absolute Gasteiger partial charge is 0.381 e. The summed E-state index contributed by atoms with van der Waals surface area (Å²) in [6.07, 6.45) is 8.21. The van der Waals surface area contributed by atoms with Crippen LogP contribution in [-0.2, 0) is 24.0 Å². The monoisotopic (exact) mass is 366 g/mol. The van der Waals surface area contributed by atoms with E-state index in [2.05, 4.69) is 29.5 Å². The van der Waals surface area contributed by atoms with Crippen LogP contribution in [0.25, 0.3) is 0 Å². The highest BCUT2D eigenvalue weighted by molar-refractivity contribution is 7.11. The van der Waals surface area contributed by atoms with Crippen molar-refractivity contribution in [2.45, 2.75) is 58.8 Å². The molecule has 2 rings (SSSR count). The Hall–Kier alpha value is -1.14. The van der Waals surface area contributed by atoms with E-state index < -0.39 is 0 Å². The minimum absolute atomic E-state index is 0.603. The maximum atomic E-state index is 5.59. The summed E-state index contributed by atoms with van der Waals surface area (Å²) in [7, 11) is 1.82. The van der Waals surface area contributed by atoms with Crippen LogP contribution in [0.5, 0.6) is 0 Å². The SMILES string of the molecule is CN=C(NCCCOCC(C)C)NCCCc1nc2c(s1)CCCC2. The zero-order valence-electron chi connectivity index (χ0n) is 16.1. The molecule has 0 radical (unpaired) electrons. The lowest BCUT2D eigenvalue weighted by Gasteiger charge is -2.12. The molecule has 1 aromatic heterocycles. The Morgan fingerprint density at radius 2 is 1.96 bits per heavy atom. The summed E-state index contributed by atoms with van der Waals surface area (Å²) in [5, 5.41) is 8.03. The fourth-order valence-corrected chi connectivity index (χ4v) is 4.08. The van der Waals surface area contributed by atoms with E-state index in [4.69, 9.17) is 9.72 Å². The molecular weight excluding hydrogens is 332 g/mol. The highest BCUT2D eigenvalue weighted by atomic mass is 32.1. The quantitative estimate of drug-likeness (QED) is 0.379. The van der Waals surface area contributed by atoms with Crippen LogP contribution in [0, 0.1) is 5.92 Å². The first-order valence-corrected chi connectivity index (χ1v) is 10.5. The Balaban J connectivity index is 1.54. The second kappa shape index (κ2) is 11.5. The lowest BCUT2D eigenvalue weighted by atomic mass is 10.0. The van der Waals surface area contributed by atoms with Gasteiger partial charge in [-0.3, -0.25) is 4.99 Å². The predicted molar refractivity (Wildman–Crippen MR) is 107 cm³/mol. The fraction of sp³-hybridized carbons (Fsp3) is 0.789. The summed E-state index contributed by atoms with van der Waals surface area (Å²) in [4.78, 5) is 10.6. The summed E-state index contributed by atoms with van der Waals surface area (Å²) in [6, 6.07) is 0. The molecule has 0 saturated carbocycles. The van der Waals surface area contributed by atoms with Crippen LogP contribution in [0.4, 0.5) is 0 Å². The van der Waals surface area contributed by atoms with Gasteiger partial charge in [0.15, 0.2) is 5.96 Å². The summed E-state index contributed by atoms with van der Waals surface area (Å²) >= 11 is 1.92. The smallest absolute Gasteiger partial charge is 0.190 e. The number of thiazole rings is 1. The molecule has 0 aliphatic heterocycles. The van der Waals surface area contributed by atoms with Gasteiger partial charge in [-0.25, -0.2) is 4.98 Å². The number of rotatable bonds is 10. The summed E-state index contributed by atoms with van der Waals surface area (Å²) in [6.45, 7) is 7.80. The second-order valence-electron chi connectivity index (χ2n) is 7.04. The molecule has 0 bridgehead atoms. The average molecular weight is 367 g/mol. The number of aryl methyl sites for hydroxylation is 3. The number of fused-ring (bicyclic) bond motifs is 1. The summed E-state index contributed by atoms with van der Waals surface area (Å²) < 4.78 is 5.59. The minimum Gasteiger partial charge on any atom is -0.381 e. The van der Waals surface area contributed by atoms with Crippen molar-refractivity contribution in [3.8, 4) is 0 Å². The Kier molecular flexibility index (Phi) is 9.26. The van der Waals surface area contributed by atoms with E-state index in [1.165, 1.54) is 41.3 Å². The number of aromatic nitrogens is 1. The fourth-order valence-electron chi connectivity index (χ4n) is 2.88. The number of aliphatic imine (C=N–C) groups is 1. The first kappa shape index (κ1) is 20.2. The molecule has 0 aromatic carbocycles. The molecule has 0 spiro atoms.